The first-order chi connectivity index (χ1) is 10.2. The molecule has 3 rings (SSSR count). The third-order valence-electron chi connectivity index (χ3n) is 3.83. The number of benzene rings is 2. The lowest BCUT2D eigenvalue weighted by molar-refractivity contribution is 0.955. The van der Waals surface area contributed by atoms with Gasteiger partial charge in [-0.25, -0.2) is 0 Å². The number of aryl methyl sites for hydroxylation is 1. The molecule has 1 aromatic heterocycles. The van der Waals surface area contributed by atoms with Crippen LogP contribution in [0.15, 0.2) is 54.7 Å². The molecule has 2 aromatic carbocycles. The van der Waals surface area contributed by atoms with E-state index in [9.17, 15) is 0 Å². The summed E-state index contributed by atoms with van der Waals surface area (Å²) in [6.45, 7) is 0.826. The number of fused-ring (bicyclic) bond motifs is 1. The summed E-state index contributed by atoms with van der Waals surface area (Å²) in [5.74, 6) is 0. The zero-order chi connectivity index (χ0) is 14.8. The lowest BCUT2D eigenvalue weighted by Crippen LogP contribution is -2.12. The predicted molar refractivity (Wildman–Crippen MR) is 91.0 cm³/mol. The Morgan fingerprint density at radius 3 is 2.52 bits per heavy atom. The molecule has 1 heterocycles. The van der Waals surface area contributed by atoms with Gasteiger partial charge < -0.3 is 14.8 Å². The van der Waals surface area contributed by atoms with Crippen LogP contribution in [0.3, 0.4) is 0 Å². The fourth-order valence-corrected chi connectivity index (χ4v) is 2.77. The Morgan fingerprint density at radius 2 is 1.71 bits per heavy atom. The molecule has 0 bridgehead atoms. The topological polar surface area (TPSA) is 20.2 Å². The minimum Gasteiger partial charge on any atom is -0.379 e. The van der Waals surface area contributed by atoms with Crippen LogP contribution >= 0.6 is 0 Å². The van der Waals surface area contributed by atoms with Crippen molar-refractivity contribution >= 4 is 22.3 Å². The second kappa shape index (κ2) is 5.52. The van der Waals surface area contributed by atoms with Crippen molar-refractivity contribution in [3.05, 3.63) is 60.3 Å². The van der Waals surface area contributed by atoms with Gasteiger partial charge in [-0.2, -0.15) is 0 Å². The van der Waals surface area contributed by atoms with Crippen LogP contribution in [0.1, 0.15) is 5.56 Å². The normalized spacial score (nSPS) is 10.8. The van der Waals surface area contributed by atoms with Gasteiger partial charge in [0, 0.05) is 44.8 Å². The third-order valence-corrected chi connectivity index (χ3v) is 3.83. The van der Waals surface area contributed by atoms with Gasteiger partial charge in [-0.15, -0.1) is 0 Å². The fourth-order valence-electron chi connectivity index (χ4n) is 2.77. The number of rotatable bonds is 4. The van der Waals surface area contributed by atoms with Crippen molar-refractivity contribution in [2.45, 2.75) is 6.54 Å². The van der Waals surface area contributed by atoms with Gasteiger partial charge >= 0.3 is 0 Å². The van der Waals surface area contributed by atoms with E-state index in [2.05, 4.69) is 90.7 Å². The van der Waals surface area contributed by atoms with Crippen LogP contribution in [0, 0.1) is 0 Å². The maximum atomic E-state index is 3.56. The quantitative estimate of drug-likeness (QED) is 0.782. The van der Waals surface area contributed by atoms with Gasteiger partial charge in [0.15, 0.2) is 0 Å². The molecular weight excluding hydrogens is 258 g/mol. The number of hydrogen-bond donors (Lipinski definition) is 1. The Labute approximate surface area is 125 Å². The first-order valence-corrected chi connectivity index (χ1v) is 7.20. The highest BCUT2D eigenvalue weighted by Gasteiger charge is 2.07. The monoisotopic (exact) mass is 279 g/mol. The van der Waals surface area contributed by atoms with E-state index in [4.69, 9.17) is 0 Å². The van der Waals surface area contributed by atoms with Gasteiger partial charge in [-0.05, 0) is 23.8 Å². The summed E-state index contributed by atoms with van der Waals surface area (Å²) in [6, 6.07) is 16.9. The summed E-state index contributed by atoms with van der Waals surface area (Å²) < 4.78 is 2.18. The van der Waals surface area contributed by atoms with E-state index in [1.807, 2.05) is 0 Å². The van der Waals surface area contributed by atoms with E-state index in [1.54, 1.807) is 0 Å². The van der Waals surface area contributed by atoms with Crippen molar-refractivity contribution in [1.82, 2.24) is 4.57 Å². The molecule has 3 aromatic rings. The first-order valence-electron chi connectivity index (χ1n) is 7.20. The van der Waals surface area contributed by atoms with Crippen molar-refractivity contribution < 1.29 is 0 Å². The highest BCUT2D eigenvalue weighted by molar-refractivity contribution is 5.84. The Hall–Kier alpha value is -2.42. The van der Waals surface area contributed by atoms with Crippen molar-refractivity contribution in [2.75, 3.05) is 24.3 Å². The van der Waals surface area contributed by atoms with Gasteiger partial charge in [0.05, 0.1) is 11.4 Å². The zero-order valence-corrected chi connectivity index (χ0v) is 12.8. The molecule has 0 radical (unpaired) electrons. The maximum Gasteiger partial charge on any atom is 0.0596 e. The molecule has 0 amide bonds. The molecule has 3 nitrogen and oxygen atoms in total. The number of aromatic nitrogens is 1. The van der Waals surface area contributed by atoms with E-state index >= 15 is 0 Å². The average molecular weight is 279 g/mol. The number of hydrogen-bond acceptors (Lipinski definition) is 2. The zero-order valence-electron chi connectivity index (χ0n) is 12.8. The highest BCUT2D eigenvalue weighted by Crippen LogP contribution is 2.26. The summed E-state index contributed by atoms with van der Waals surface area (Å²) >= 11 is 0. The predicted octanol–water partition coefficient (Wildman–Crippen LogP) is 3.86. The van der Waals surface area contributed by atoms with E-state index in [1.165, 1.54) is 22.2 Å². The lowest BCUT2D eigenvalue weighted by atomic mass is 10.1. The summed E-state index contributed by atoms with van der Waals surface area (Å²) in [5, 5.41) is 4.88. The fraction of sp³-hybridized carbons (Fsp3) is 0.222. The van der Waals surface area contributed by atoms with Crippen molar-refractivity contribution in [2.24, 2.45) is 7.05 Å². The molecule has 0 spiro atoms. The number of para-hydroxylation sites is 3. The van der Waals surface area contributed by atoms with E-state index in [0.29, 0.717) is 0 Å². The van der Waals surface area contributed by atoms with E-state index in [0.717, 1.165) is 12.2 Å². The summed E-state index contributed by atoms with van der Waals surface area (Å²) in [7, 11) is 6.23. The van der Waals surface area contributed by atoms with Gasteiger partial charge in [0.1, 0.15) is 0 Å². The molecule has 0 fully saturated rings. The van der Waals surface area contributed by atoms with Gasteiger partial charge in [0.2, 0.25) is 0 Å². The van der Waals surface area contributed by atoms with Crippen LogP contribution in [0.4, 0.5) is 11.4 Å². The molecule has 0 aliphatic heterocycles. The second-order valence-corrected chi connectivity index (χ2v) is 5.55. The van der Waals surface area contributed by atoms with Gasteiger partial charge in [0.25, 0.3) is 0 Å². The first kappa shape index (κ1) is 13.6. The molecule has 0 aliphatic rings. The molecule has 3 heteroatoms. The number of nitrogens with one attached hydrogen (secondary N) is 1. The molecular formula is C18H21N3. The maximum absolute atomic E-state index is 3.56. The smallest absolute Gasteiger partial charge is 0.0596 e. The minimum atomic E-state index is 0.826. The van der Waals surface area contributed by atoms with E-state index < -0.39 is 0 Å². The Kier molecular flexibility index (Phi) is 3.57. The summed E-state index contributed by atoms with van der Waals surface area (Å²) in [5.41, 5.74) is 4.96. The van der Waals surface area contributed by atoms with Crippen molar-refractivity contribution in [1.29, 1.82) is 0 Å². The third kappa shape index (κ3) is 2.59. The number of anilines is 2. The summed E-state index contributed by atoms with van der Waals surface area (Å²) in [4.78, 5) is 2.13. The Bertz CT molecular complexity index is 756. The standard InChI is InChI=1S/C18H21N3/c1-20(2)18-11-7-5-9-16(18)19-12-14-13-21(3)17-10-6-4-8-15(14)17/h4-11,13,19H,12H2,1-3H3. The SMILES string of the molecule is CN(C)c1ccccc1NCc1cn(C)c2ccccc12. The Morgan fingerprint density at radius 1 is 1.00 bits per heavy atom. The molecule has 1 N–H and O–H groups in total. The molecule has 0 aliphatic carbocycles. The average Bonchev–Trinajstić information content (AvgIpc) is 2.82. The van der Waals surface area contributed by atoms with Gasteiger partial charge in [-0.1, -0.05) is 30.3 Å². The van der Waals surface area contributed by atoms with Crippen LogP contribution in [0.5, 0.6) is 0 Å². The van der Waals surface area contributed by atoms with Crippen LogP contribution in [0.2, 0.25) is 0 Å². The highest BCUT2D eigenvalue weighted by atomic mass is 15.1. The molecule has 108 valence electrons. The van der Waals surface area contributed by atoms with Gasteiger partial charge in [-0.3, -0.25) is 0 Å². The van der Waals surface area contributed by atoms with Crippen LogP contribution in [0.25, 0.3) is 10.9 Å². The second-order valence-electron chi connectivity index (χ2n) is 5.55. The van der Waals surface area contributed by atoms with Crippen molar-refractivity contribution in [3.8, 4) is 0 Å². The minimum absolute atomic E-state index is 0.826. The lowest BCUT2D eigenvalue weighted by Gasteiger charge is -2.18. The van der Waals surface area contributed by atoms with Crippen LogP contribution in [-0.4, -0.2) is 18.7 Å². The summed E-state index contributed by atoms with van der Waals surface area (Å²) in [6.07, 6.45) is 2.20. The van der Waals surface area contributed by atoms with Crippen LogP contribution in [-0.2, 0) is 13.6 Å². The Balaban J connectivity index is 1.88. The molecule has 0 saturated carbocycles. The molecule has 21 heavy (non-hydrogen) atoms. The van der Waals surface area contributed by atoms with E-state index in [-0.39, 0.29) is 0 Å². The molecule has 0 unspecified atom stereocenters. The largest absolute Gasteiger partial charge is 0.379 e. The van der Waals surface area contributed by atoms with Crippen molar-refractivity contribution in [3.63, 3.8) is 0 Å². The molecule has 0 saturated heterocycles. The number of nitrogens with zero attached hydrogens (tertiary/aromatic N) is 2. The molecule has 0 atom stereocenters. The van der Waals surface area contributed by atoms with Crippen LogP contribution < -0.4 is 10.2 Å².